The van der Waals surface area contributed by atoms with Crippen molar-refractivity contribution in [2.24, 2.45) is 0 Å². The van der Waals surface area contributed by atoms with E-state index in [2.05, 4.69) is 22.9 Å². The maximum Gasteiger partial charge on any atom is 0.254 e. The van der Waals surface area contributed by atoms with Crippen molar-refractivity contribution in [2.45, 2.75) is 19.8 Å². The maximum atomic E-state index is 12.2. The number of phenolic OH excluding ortho intramolecular Hbond substituents is 1. The molecule has 0 fully saturated rings. The fourth-order valence-electron chi connectivity index (χ4n) is 1.59. The molecule has 0 atom stereocenters. The molecule has 0 radical (unpaired) electrons. The Hall–Kier alpha value is -0.740. The van der Waals surface area contributed by atoms with Crippen molar-refractivity contribution in [2.75, 3.05) is 19.0 Å². The molecule has 0 saturated carbocycles. The molecule has 3 nitrogen and oxygen atoms in total. The van der Waals surface area contributed by atoms with Crippen molar-refractivity contribution in [3.05, 3.63) is 28.2 Å². The summed E-state index contributed by atoms with van der Waals surface area (Å²) >= 11 is 8.90. The summed E-state index contributed by atoms with van der Waals surface area (Å²) in [4.78, 5) is 14.0. The lowest BCUT2D eigenvalue weighted by Gasteiger charge is -2.21. The van der Waals surface area contributed by atoms with E-state index in [0.717, 1.165) is 12.8 Å². The number of carbonyl (C=O) groups excluding carboxylic acids is 1. The van der Waals surface area contributed by atoms with E-state index in [4.69, 9.17) is 11.6 Å². The SMILES string of the molecule is CCCCN(CCCl)C(=O)c1ccc(Br)c(O)c1. The lowest BCUT2D eigenvalue weighted by molar-refractivity contribution is 0.0763. The van der Waals surface area contributed by atoms with Crippen molar-refractivity contribution in [1.82, 2.24) is 4.90 Å². The highest BCUT2D eigenvalue weighted by molar-refractivity contribution is 9.10. The summed E-state index contributed by atoms with van der Waals surface area (Å²) in [7, 11) is 0. The van der Waals surface area contributed by atoms with Crippen molar-refractivity contribution in [3.8, 4) is 5.75 Å². The number of hydrogen-bond acceptors (Lipinski definition) is 2. The fraction of sp³-hybridized carbons (Fsp3) is 0.462. The third-order valence-electron chi connectivity index (χ3n) is 2.62. The minimum absolute atomic E-state index is 0.0714. The number of hydrogen-bond donors (Lipinski definition) is 1. The van der Waals surface area contributed by atoms with Crippen LogP contribution in [0.4, 0.5) is 0 Å². The van der Waals surface area contributed by atoms with Crippen LogP contribution in [0.25, 0.3) is 0 Å². The first-order valence-electron chi connectivity index (χ1n) is 5.94. The monoisotopic (exact) mass is 333 g/mol. The van der Waals surface area contributed by atoms with Gasteiger partial charge in [0, 0.05) is 24.5 Å². The van der Waals surface area contributed by atoms with Gasteiger partial charge in [-0.3, -0.25) is 4.79 Å². The number of nitrogens with zero attached hydrogens (tertiary/aromatic N) is 1. The Labute approximate surface area is 121 Å². The van der Waals surface area contributed by atoms with Gasteiger partial charge in [-0.05, 0) is 40.5 Å². The number of benzene rings is 1. The smallest absolute Gasteiger partial charge is 0.254 e. The molecule has 0 heterocycles. The molecule has 5 heteroatoms. The van der Waals surface area contributed by atoms with E-state index in [0.29, 0.717) is 29.0 Å². The number of carbonyl (C=O) groups is 1. The van der Waals surface area contributed by atoms with Crippen LogP contribution >= 0.6 is 27.5 Å². The fourth-order valence-corrected chi connectivity index (χ4v) is 2.04. The van der Waals surface area contributed by atoms with E-state index in [-0.39, 0.29) is 11.7 Å². The van der Waals surface area contributed by atoms with E-state index in [1.807, 2.05) is 0 Å². The summed E-state index contributed by atoms with van der Waals surface area (Å²) in [5, 5.41) is 9.59. The molecular weight excluding hydrogens is 318 g/mol. The Balaban J connectivity index is 2.83. The zero-order valence-corrected chi connectivity index (χ0v) is 12.7. The van der Waals surface area contributed by atoms with Gasteiger partial charge in [-0.1, -0.05) is 13.3 Å². The number of unbranched alkanes of at least 4 members (excludes halogenated alkanes) is 1. The van der Waals surface area contributed by atoms with Crippen LogP contribution in [0.5, 0.6) is 5.75 Å². The average molecular weight is 335 g/mol. The van der Waals surface area contributed by atoms with Gasteiger partial charge >= 0.3 is 0 Å². The highest BCUT2D eigenvalue weighted by Crippen LogP contribution is 2.25. The van der Waals surface area contributed by atoms with Gasteiger partial charge in [-0.2, -0.15) is 0 Å². The van der Waals surface area contributed by atoms with Crippen LogP contribution in [0.2, 0.25) is 0 Å². The van der Waals surface area contributed by atoms with Crippen LogP contribution in [-0.4, -0.2) is 34.9 Å². The number of amides is 1. The van der Waals surface area contributed by atoms with E-state index < -0.39 is 0 Å². The molecule has 100 valence electrons. The van der Waals surface area contributed by atoms with Crippen LogP contribution < -0.4 is 0 Å². The predicted octanol–water partition coefficient (Wildman–Crippen LogP) is 3.64. The van der Waals surface area contributed by atoms with E-state index in [1.165, 1.54) is 6.07 Å². The number of phenols is 1. The molecule has 0 aliphatic carbocycles. The Morgan fingerprint density at radius 1 is 1.44 bits per heavy atom. The molecule has 0 aliphatic rings. The molecule has 0 saturated heterocycles. The van der Waals surface area contributed by atoms with Gasteiger partial charge in [0.25, 0.3) is 5.91 Å². The van der Waals surface area contributed by atoms with E-state index >= 15 is 0 Å². The third kappa shape index (κ3) is 4.18. The number of aromatic hydroxyl groups is 1. The predicted molar refractivity (Wildman–Crippen MR) is 77.3 cm³/mol. The standard InChI is InChI=1S/C13H17BrClNO2/c1-2-3-7-16(8-6-15)13(18)10-4-5-11(14)12(17)9-10/h4-5,9,17H,2-3,6-8H2,1H3. The van der Waals surface area contributed by atoms with Crippen LogP contribution in [-0.2, 0) is 0 Å². The number of alkyl halides is 1. The molecule has 0 spiro atoms. The number of halogens is 2. The second-order valence-electron chi connectivity index (χ2n) is 4.00. The summed E-state index contributed by atoms with van der Waals surface area (Å²) in [6.45, 7) is 3.30. The molecule has 1 rings (SSSR count). The van der Waals surface area contributed by atoms with Crippen LogP contribution in [0.3, 0.4) is 0 Å². The molecule has 0 unspecified atom stereocenters. The minimum atomic E-state index is -0.0908. The van der Waals surface area contributed by atoms with E-state index in [1.54, 1.807) is 17.0 Å². The van der Waals surface area contributed by atoms with Crippen molar-refractivity contribution in [1.29, 1.82) is 0 Å². The van der Waals surface area contributed by atoms with Crippen molar-refractivity contribution < 1.29 is 9.90 Å². The van der Waals surface area contributed by atoms with Gasteiger partial charge in [0.2, 0.25) is 0 Å². The molecular formula is C13H17BrClNO2. The van der Waals surface area contributed by atoms with Gasteiger partial charge in [-0.25, -0.2) is 0 Å². The normalized spacial score (nSPS) is 10.4. The highest BCUT2D eigenvalue weighted by Gasteiger charge is 2.15. The van der Waals surface area contributed by atoms with Gasteiger partial charge in [0.1, 0.15) is 5.75 Å². The molecule has 1 N–H and O–H groups in total. The maximum absolute atomic E-state index is 12.2. The molecule has 1 amide bonds. The molecule has 0 aliphatic heterocycles. The van der Waals surface area contributed by atoms with Gasteiger partial charge in [-0.15, -0.1) is 11.6 Å². The Bertz CT molecular complexity index is 412. The Morgan fingerprint density at radius 2 is 2.17 bits per heavy atom. The molecule has 0 aromatic heterocycles. The molecule has 1 aromatic rings. The first-order chi connectivity index (χ1) is 8.60. The Kier molecular flexibility index (Phi) is 6.50. The van der Waals surface area contributed by atoms with Crippen LogP contribution in [0, 0.1) is 0 Å². The lowest BCUT2D eigenvalue weighted by Crippen LogP contribution is -2.33. The summed E-state index contributed by atoms with van der Waals surface area (Å²) in [5.74, 6) is 0.395. The van der Waals surface area contributed by atoms with Crippen LogP contribution in [0.15, 0.2) is 22.7 Å². The van der Waals surface area contributed by atoms with Crippen LogP contribution in [0.1, 0.15) is 30.1 Å². The van der Waals surface area contributed by atoms with Gasteiger partial charge < -0.3 is 10.0 Å². The first kappa shape index (κ1) is 15.3. The van der Waals surface area contributed by atoms with Gasteiger partial charge in [0.15, 0.2) is 0 Å². The quantitative estimate of drug-likeness (QED) is 0.807. The average Bonchev–Trinajstić information content (AvgIpc) is 2.37. The second kappa shape index (κ2) is 7.64. The number of rotatable bonds is 6. The molecule has 0 bridgehead atoms. The highest BCUT2D eigenvalue weighted by atomic mass is 79.9. The summed E-state index contributed by atoms with van der Waals surface area (Å²) in [6, 6.07) is 4.83. The zero-order chi connectivity index (χ0) is 13.5. The zero-order valence-electron chi connectivity index (χ0n) is 10.3. The lowest BCUT2D eigenvalue weighted by atomic mass is 10.2. The third-order valence-corrected chi connectivity index (χ3v) is 3.46. The Morgan fingerprint density at radius 3 is 2.72 bits per heavy atom. The summed E-state index contributed by atoms with van der Waals surface area (Å²) < 4.78 is 0.580. The van der Waals surface area contributed by atoms with Crippen molar-refractivity contribution in [3.63, 3.8) is 0 Å². The summed E-state index contributed by atoms with van der Waals surface area (Å²) in [6.07, 6.45) is 1.97. The second-order valence-corrected chi connectivity index (χ2v) is 5.23. The summed E-state index contributed by atoms with van der Waals surface area (Å²) in [5.41, 5.74) is 0.483. The first-order valence-corrected chi connectivity index (χ1v) is 7.26. The molecule has 1 aromatic carbocycles. The van der Waals surface area contributed by atoms with Crippen molar-refractivity contribution >= 4 is 33.4 Å². The minimum Gasteiger partial charge on any atom is -0.507 e. The largest absolute Gasteiger partial charge is 0.507 e. The topological polar surface area (TPSA) is 40.5 Å². The molecule has 18 heavy (non-hydrogen) atoms. The van der Waals surface area contributed by atoms with Gasteiger partial charge in [0.05, 0.1) is 4.47 Å². The van der Waals surface area contributed by atoms with E-state index in [9.17, 15) is 9.90 Å².